The van der Waals surface area contributed by atoms with Gasteiger partial charge in [-0.15, -0.1) is 0 Å². The number of hydrogen-bond donors (Lipinski definition) is 0. The SMILES string of the molecule is C=CC=C(C(F)=COC1CCN(C(=O)OC(C)(C)C)CC1)[N+](=O)OC. The molecule has 0 aromatic rings. The van der Waals surface area contributed by atoms with Gasteiger partial charge in [-0.1, -0.05) is 12.7 Å². The molecule has 0 N–H and O–H groups in total. The summed E-state index contributed by atoms with van der Waals surface area (Å²) in [5.41, 5.74) is -0.890. The van der Waals surface area contributed by atoms with Gasteiger partial charge in [-0.05, 0) is 20.8 Å². The summed E-state index contributed by atoms with van der Waals surface area (Å²) in [6, 6.07) is 0. The van der Waals surface area contributed by atoms with Gasteiger partial charge in [0.05, 0.1) is 4.91 Å². The average Bonchev–Trinajstić information content (AvgIpc) is 2.55. The second-order valence-electron chi connectivity index (χ2n) is 6.50. The zero-order chi connectivity index (χ0) is 19.0. The molecule has 0 atom stereocenters. The van der Waals surface area contributed by atoms with Crippen LogP contribution in [-0.4, -0.2) is 47.8 Å². The van der Waals surface area contributed by atoms with E-state index in [9.17, 15) is 14.1 Å². The van der Waals surface area contributed by atoms with Gasteiger partial charge in [0.1, 0.15) is 18.0 Å². The summed E-state index contributed by atoms with van der Waals surface area (Å²) in [5.74, 6) is -0.869. The fraction of sp³-hybridized carbons (Fsp3) is 0.588. The predicted octanol–water partition coefficient (Wildman–Crippen LogP) is 3.62. The predicted molar refractivity (Wildman–Crippen MR) is 90.0 cm³/mol. The number of halogens is 1. The van der Waals surface area contributed by atoms with Crippen LogP contribution in [0.25, 0.3) is 0 Å². The summed E-state index contributed by atoms with van der Waals surface area (Å²) in [7, 11) is 1.13. The van der Waals surface area contributed by atoms with E-state index >= 15 is 0 Å². The minimum Gasteiger partial charge on any atom is -0.495 e. The van der Waals surface area contributed by atoms with Gasteiger partial charge in [-0.2, -0.15) is 4.39 Å². The Morgan fingerprint density at radius 2 is 1.92 bits per heavy atom. The van der Waals surface area contributed by atoms with E-state index in [1.807, 2.05) is 20.8 Å². The zero-order valence-corrected chi connectivity index (χ0v) is 15.2. The lowest BCUT2D eigenvalue weighted by molar-refractivity contribution is -0.759. The number of ether oxygens (including phenoxy) is 2. The number of carbonyl (C=O) groups excluding carboxylic acids is 1. The van der Waals surface area contributed by atoms with Crippen molar-refractivity contribution in [2.75, 3.05) is 20.2 Å². The highest BCUT2D eigenvalue weighted by Gasteiger charge is 2.28. The molecule has 1 saturated heterocycles. The van der Waals surface area contributed by atoms with Gasteiger partial charge < -0.3 is 14.4 Å². The number of amides is 1. The van der Waals surface area contributed by atoms with E-state index in [-0.39, 0.29) is 22.8 Å². The first-order valence-corrected chi connectivity index (χ1v) is 8.01. The van der Waals surface area contributed by atoms with Crippen molar-refractivity contribution >= 4 is 6.09 Å². The van der Waals surface area contributed by atoms with E-state index in [0.29, 0.717) is 25.9 Å². The molecule has 1 rings (SSSR count). The van der Waals surface area contributed by atoms with Crippen LogP contribution in [0.2, 0.25) is 0 Å². The standard InChI is InChI=1S/C17H26FN2O5/c1-6-7-15(20(22)23-5)14(18)12-24-13-8-10-19(11-9-13)16(21)25-17(2,3)4/h6-7,12-13H,1,8-11H2,2-5H3/q+1. The van der Waals surface area contributed by atoms with Crippen LogP contribution in [0.1, 0.15) is 33.6 Å². The zero-order valence-electron chi connectivity index (χ0n) is 15.2. The number of allylic oxidation sites excluding steroid dienone is 3. The average molecular weight is 357 g/mol. The number of carbonyl (C=O) groups is 1. The number of rotatable bonds is 6. The molecule has 1 amide bonds. The Kier molecular flexibility index (Phi) is 7.60. The monoisotopic (exact) mass is 357 g/mol. The van der Waals surface area contributed by atoms with Crippen LogP contribution >= 0.6 is 0 Å². The quantitative estimate of drug-likeness (QED) is 0.413. The molecule has 0 radical (unpaired) electrons. The van der Waals surface area contributed by atoms with Crippen molar-refractivity contribution in [3.63, 3.8) is 0 Å². The molecule has 8 heteroatoms. The summed E-state index contributed by atoms with van der Waals surface area (Å²) in [6.07, 6.45) is 3.78. The Balaban J connectivity index is 2.56. The van der Waals surface area contributed by atoms with E-state index in [2.05, 4.69) is 11.4 Å². The highest BCUT2D eigenvalue weighted by atomic mass is 19.1. The summed E-state index contributed by atoms with van der Waals surface area (Å²) in [6.45, 7) is 9.75. The molecule has 7 nitrogen and oxygen atoms in total. The van der Waals surface area contributed by atoms with Crippen molar-refractivity contribution in [2.45, 2.75) is 45.3 Å². The highest BCUT2D eigenvalue weighted by Crippen LogP contribution is 2.20. The lowest BCUT2D eigenvalue weighted by Crippen LogP contribution is -2.43. The first-order valence-electron chi connectivity index (χ1n) is 8.01. The molecule has 0 spiro atoms. The van der Waals surface area contributed by atoms with Crippen LogP contribution in [-0.2, 0) is 14.3 Å². The van der Waals surface area contributed by atoms with Gasteiger partial charge >= 0.3 is 11.8 Å². The normalized spacial score (nSPS) is 17.1. The summed E-state index contributed by atoms with van der Waals surface area (Å²) in [4.78, 5) is 29.4. The summed E-state index contributed by atoms with van der Waals surface area (Å²) >= 11 is 0. The third-order valence-corrected chi connectivity index (χ3v) is 3.34. The van der Waals surface area contributed by atoms with Crippen molar-refractivity contribution in [3.05, 3.63) is 41.4 Å². The first-order chi connectivity index (χ1) is 11.7. The van der Waals surface area contributed by atoms with Crippen LogP contribution in [0, 0.1) is 4.91 Å². The molecule has 0 saturated carbocycles. The number of nitrogens with zero attached hydrogens (tertiary/aromatic N) is 2. The minimum atomic E-state index is -0.869. The van der Waals surface area contributed by atoms with E-state index < -0.39 is 11.4 Å². The third-order valence-electron chi connectivity index (χ3n) is 3.34. The highest BCUT2D eigenvalue weighted by molar-refractivity contribution is 5.68. The van der Waals surface area contributed by atoms with Crippen molar-refractivity contribution in [1.29, 1.82) is 0 Å². The Labute approximate surface area is 147 Å². The van der Waals surface area contributed by atoms with Gasteiger partial charge in [0.2, 0.25) is 5.83 Å². The molecular formula is C17H26FN2O5+. The van der Waals surface area contributed by atoms with E-state index in [1.165, 1.54) is 12.2 Å². The van der Waals surface area contributed by atoms with Crippen molar-refractivity contribution in [2.24, 2.45) is 0 Å². The topological polar surface area (TPSA) is 68.1 Å². The molecule has 0 unspecified atom stereocenters. The molecule has 0 aromatic heterocycles. The van der Waals surface area contributed by atoms with Crippen LogP contribution in [0.3, 0.4) is 0 Å². The van der Waals surface area contributed by atoms with E-state index in [1.54, 1.807) is 4.90 Å². The molecule has 0 aliphatic carbocycles. The summed E-state index contributed by atoms with van der Waals surface area (Å²) < 4.78 is 24.7. The molecular weight excluding hydrogens is 331 g/mol. The lowest BCUT2D eigenvalue weighted by atomic mass is 10.1. The molecule has 0 aromatic carbocycles. The molecule has 1 aliphatic heterocycles. The van der Waals surface area contributed by atoms with Gasteiger partial charge in [0.15, 0.2) is 7.11 Å². The number of piperidine rings is 1. The van der Waals surface area contributed by atoms with Crippen LogP contribution in [0.15, 0.2) is 36.5 Å². The van der Waals surface area contributed by atoms with Gasteiger partial charge in [0.25, 0.3) is 4.92 Å². The maximum Gasteiger partial charge on any atom is 0.410 e. The van der Waals surface area contributed by atoms with Crippen LogP contribution < -0.4 is 0 Å². The molecule has 1 heterocycles. The molecule has 140 valence electrons. The van der Waals surface area contributed by atoms with Crippen molar-refractivity contribution < 1.29 is 28.4 Å². The second kappa shape index (κ2) is 9.19. The number of hydrogen-bond acceptors (Lipinski definition) is 5. The maximum absolute atomic E-state index is 14.1. The Bertz CT molecular complexity index is 558. The Morgan fingerprint density at radius 1 is 1.32 bits per heavy atom. The van der Waals surface area contributed by atoms with E-state index in [0.717, 1.165) is 13.4 Å². The van der Waals surface area contributed by atoms with Crippen molar-refractivity contribution in [1.82, 2.24) is 4.90 Å². The fourth-order valence-corrected chi connectivity index (χ4v) is 2.15. The third kappa shape index (κ3) is 6.94. The maximum atomic E-state index is 14.1. The van der Waals surface area contributed by atoms with Gasteiger partial charge in [0, 0.05) is 32.0 Å². The first kappa shape index (κ1) is 20.7. The molecule has 0 bridgehead atoms. The van der Waals surface area contributed by atoms with Crippen LogP contribution in [0.4, 0.5) is 9.18 Å². The Hall–Kier alpha value is -2.38. The minimum absolute atomic E-state index is 0.0297. The molecule has 1 fully saturated rings. The Morgan fingerprint density at radius 3 is 2.40 bits per heavy atom. The van der Waals surface area contributed by atoms with Crippen molar-refractivity contribution in [3.8, 4) is 0 Å². The lowest BCUT2D eigenvalue weighted by Gasteiger charge is -2.32. The molecule has 1 aliphatic rings. The smallest absolute Gasteiger partial charge is 0.410 e. The molecule has 25 heavy (non-hydrogen) atoms. The van der Waals surface area contributed by atoms with Gasteiger partial charge in [-0.3, -0.25) is 0 Å². The van der Waals surface area contributed by atoms with Gasteiger partial charge in [-0.25, -0.2) is 9.63 Å². The largest absolute Gasteiger partial charge is 0.495 e. The van der Waals surface area contributed by atoms with Crippen LogP contribution in [0.5, 0.6) is 0 Å². The van der Waals surface area contributed by atoms with E-state index in [4.69, 9.17) is 9.47 Å². The second-order valence-corrected chi connectivity index (χ2v) is 6.50. The summed E-state index contributed by atoms with van der Waals surface area (Å²) in [5, 5.41) is 0. The fourth-order valence-electron chi connectivity index (χ4n) is 2.15. The number of likely N-dealkylation sites (tertiary alicyclic amines) is 1.